The second-order valence-corrected chi connectivity index (χ2v) is 11.0. The Balaban J connectivity index is 0.000000147. The van der Waals surface area contributed by atoms with Gasteiger partial charge in [-0.2, -0.15) is 35.5 Å². The van der Waals surface area contributed by atoms with Gasteiger partial charge in [0.1, 0.15) is 11.5 Å². The summed E-state index contributed by atoms with van der Waals surface area (Å²) >= 11 is 0. The predicted molar refractivity (Wildman–Crippen MR) is 201 cm³/mol. The second kappa shape index (κ2) is 20.2. The summed E-state index contributed by atoms with van der Waals surface area (Å²) < 4.78 is 0. The molecule has 6 aromatic rings. The molecule has 0 saturated carbocycles. The number of benzene rings is 6. The molecule has 0 aliphatic heterocycles. The van der Waals surface area contributed by atoms with Gasteiger partial charge in [0, 0.05) is 0 Å². The van der Waals surface area contributed by atoms with Gasteiger partial charge in [-0.3, -0.25) is 0 Å². The third-order valence-electron chi connectivity index (χ3n) is 7.51. The van der Waals surface area contributed by atoms with Gasteiger partial charge in [0.15, 0.2) is 0 Å². The normalized spacial score (nSPS) is 12.0. The van der Waals surface area contributed by atoms with Crippen molar-refractivity contribution in [3.63, 3.8) is 0 Å². The van der Waals surface area contributed by atoms with E-state index in [9.17, 15) is 0 Å². The molecule has 0 heterocycles. The van der Waals surface area contributed by atoms with Gasteiger partial charge in [0.05, 0.1) is 0 Å². The average Bonchev–Trinajstić information content (AvgIpc) is 3.91. The molecule has 8 rings (SSSR count). The quantitative estimate of drug-likeness (QED) is 0.179. The van der Waals surface area contributed by atoms with Crippen LogP contribution in [0.2, 0.25) is 0 Å². The number of phenols is 2. The molecule has 2 nitrogen and oxygen atoms in total. The van der Waals surface area contributed by atoms with E-state index in [1.807, 2.05) is 97.1 Å². The fourth-order valence-electron chi connectivity index (χ4n) is 5.01. The zero-order chi connectivity index (χ0) is 33.2. The number of hydrogen-bond donors (Lipinski definition) is 2. The van der Waals surface area contributed by atoms with Crippen molar-refractivity contribution in [2.24, 2.45) is 0 Å². The van der Waals surface area contributed by atoms with E-state index in [1.165, 1.54) is 33.4 Å². The van der Waals surface area contributed by atoms with E-state index >= 15 is 0 Å². The maximum absolute atomic E-state index is 9.10. The van der Waals surface area contributed by atoms with Crippen molar-refractivity contribution in [2.45, 2.75) is 12.8 Å². The van der Waals surface area contributed by atoms with Gasteiger partial charge in [-0.05, 0) is 46.5 Å². The first-order chi connectivity index (χ1) is 23.7. The van der Waals surface area contributed by atoms with Crippen LogP contribution >= 0.6 is 0 Å². The van der Waals surface area contributed by atoms with Crippen molar-refractivity contribution < 1.29 is 36.4 Å². The molecule has 0 amide bonds. The molecule has 0 radical (unpaired) electrons. The standard InChI is InChI=1S/2C12H10O.2C11H9.Zr/c2*13-12-8-6-11(7-9-12)10-4-2-1-3-5-10;2*1-2-6-10(7-3-1)11-8-4-5-9-11;/h2*1-9,13H;2*1-4,6-8H,5H2;/q;;2*-1;+2. The summed E-state index contributed by atoms with van der Waals surface area (Å²) in [5.41, 5.74) is 9.57. The number of hydrogen-bond acceptors (Lipinski definition) is 2. The van der Waals surface area contributed by atoms with E-state index in [4.69, 9.17) is 10.2 Å². The minimum atomic E-state index is 0. The van der Waals surface area contributed by atoms with E-state index in [2.05, 4.69) is 85.0 Å². The van der Waals surface area contributed by atoms with Gasteiger partial charge in [-0.25, -0.2) is 0 Å². The van der Waals surface area contributed by atoms with Crippen LogP contribution in [0, 0.1) is 12.2 Å². The van der Waals surface area contributed by atoms with Crippen LogP contribution in [0.25, 0.3) is 33.4 Å². The van der Waals surface area contributed by atoms with E-state index < -0.39 is 0 Å². The first-order valence-corrected chi connectivity index (χ1v) is 16.0. The third kappa shape index (κ3) is 12.1. The molecular weight excluding hydrogens is 676 g/mol. The third-order valence-corrected chi connectivity index (χ3v) is 7.51. The number of phenolic OH excluding ortho intramolecular Hbond substituents is 2. The SMILES string of the molecule is Oc1ccc(-c2ccccc2)cc1.Oc1ccc(-c2ccccc2)cc1.[C-]1=C(c2ccccc2)C=CC1.[C-]1=C(c2ccccc2)C=CC1.[Zr+2]. The first kappa shape index (κ1) is 36.6. The molecule has 0 atom stereocenters. The summed E-state index contributed by atoms with van der Waals surface area (Å²) in [5, 5.41) is 18.2. The second-order valence-electron chi connectivity index (χ2n) is 11.0. The average molecular weight is 714 g/mol. The van der Waals surface area contributed by atoms with Crippen molar-refractivity contribution in [1.82, 2.24) is 0 Å². The van der Waals surface area contributed by atoms with Crippen LogP contribution < -0.4 is 0 Å². The minimum Gasteiger partial charge on any atom is -0.508 e. The Kier molecular flexibility index (Phi) is 15.1. The predicted octanol–water partition coefficient (Wildman–Crippen LogP) is 11.8. The molecule has 0 aromatic heterocycles. The van der Waals surface area contributed by atoms with Gasteiger partial charge >= 0.3 is 26.2 Å². The minimum absolute atomic E-state index is 0. The van der Waals surface area contributed by atoms with Crippen molar-refractivity contribution in [2.75, 3.05) is 0 Å². The molecule has 0 unspecified atom stereocenters. The van der Waals surface area contributed by atoms with E-state index in [0.29, 0.717) is 11.5 Å². The zero-order valence-electron chi connectivity index (χ0n) is 27.3. The first-order valence-electron chi connectivity index (χ1n) is 16.0. The van der Waals surface area contributed by atoms with E-state index in [1.54, 1.807) is 24.3 Å². The molecule has 0 saturated heterocycles. The van der Waals surface area contributed by atoms with Crippen molar-refractivity contribution in [3.05, 3.63) is 217 Å². The summed E-state index contributed by atoms with van der Waals surface area (Å²) in [6.07, 6.45) is 17.0. The van der Waals surface area contributed by atoms with Crippen molar-refractivity contribution >= 4 is 11.1 Å². The van der Waals surface area contributed by atoms with Crippen LogP contribution in [0.4, 0.5) is 0 Å². The molecule has 238 valence electrons. The molecule has 49 heavy (non-hydrogen) atoms. The van der Waals surface area contributed by atoms with Gasteiger partial charge in [-0.1, -0.05) is 134 Å². The van der Waals surface area contributed by atoms with Crippen LogP contribution in [-0.2, 0) is 26.2 Å². The van der Waals surface area contributed by atoms with Crippen LogP contribution in [-0.4, -0.2) is 10.2 Å². The Bertz CT molecular complexity index is 1780. The van der Waals surface area contributed by atoms with Gasteiger partial charge in [0.2, 0.25) is 0 Å². The number of allylic oxidation sites excluding steroid dienone is 8. The molecular formula is C46H38O2Zr. The van der Waals surface area contributed by atoms with Crippen molar-refractivity contribution in [3.8, 4) is 33.8 Å². The van der Waals surface area contributed by atoms with Gasteiger partial charge in [0.25, 0.3) is 0 Å². The van der Waals surface area contributed by atoms with Crippen LogP contribution in [0.1, 0.15) is 24.0 Å². The van der Waals surface area contributed by atoms with Gasteiger partial charge < -0.3 is 10.2 Å². The Morgan fingerprint density at radius 3 is 0.857 bits per heavy atom. The fraction of sp³-hybridized carbons (Fsp3) is 0.0435. The molecule has 0 bridgehead atoms. The maximum atomic E-state index is 9.10. The fourth-order valence-corrected chi connectivity index (χ4v) is 5.01. The van der Waals surface area contributed by atoms with E-state index in [-0.39, 0.29) is 26.2 Å². The monoisotopic (exact) mass is 712 g/mol. The van der Waals surface area contributed by atoms with Crippen LogP contribution in [0.15, 0.2) is 194 Å². The molecule has 0 fully saturated rings. The number of rotatable bonds is 4. The summed E-state index contributed by atoms with van der Waals surface area (Å²) in [4.78, 5) is 0. The van der Waals surface area contributed by atoms with Gasteiger partial charge in [-0.15, -0.1) is 47.5 Å². The Morgan fingerprint density at radius 2 is 0.592 bits per heavy atom. The van der Waals surface area contributed by atoms with Crippen LogP contribution in [0.5, 0.6) is 11.5 Å². The largest absolute Gasteiger partial charge is 2.00 e. The summed E-state index contributed by atoms with van der Waals surface area (Å²) in [6.45, 7) is 0. The van der Waals surface area contributed by atoms with E-state index in [0.717, 1.165) is 24.0 Å². The number of aromatic hydroxyl groups is 2. The molecule has 6 aromatic carbocycles. The maximum Gasteiger partial charge on any atom is 2.00 e. The molecule has 2 aliphatic rings. The Labute approximate surface area is 309 Å². The Hall–Kier alpha value is -5.24. The molecule has 3 heteroatoms. The summed E-state index contributed by atoms with van der Waals surface area (Å²) in [7, 11) is 0. The topological polar surface area (TPSA) is 40.5 Å². The molecule has 2 aliphatic carbocycles. The zero-order valence-corrected chi connectivity index (χ0v) is 29.7. The summed E-state index contributed by atoms with van der Waals surface area (Å²) in [5.74, 6) is 0.611. The smallest absolute Gasteiger partial charge is 0.508 e. The Morgan fingerprint density at radius 1 is 0.327 bits per heavy atom. The molecule has 0 spiro atoms. The van der Waals surface area contributed by atoms with Crippen molar-refractivity contribution in [1.29, 1.82) is 0 Å². The molecule has 2 N–H and O–H groups in total. The summed E-state index contributed by atoms with van der Waals surface area (Å²) in [6, 6.07) is 55.3. The van der Waals surface area contributed by atoms with Crippen LogP contribution in [0.3, 0.4) is 0 Å².